The molecule has 0 unspecified atom stereocenters. The lowest BCUT2D eigenvalue weighted by Gasteiger charge is -2.38. The average Bonchev–Trinajstić information content (AvgIpc) is 1.51. The van der Waals surface area contributed by atoms with Gasteiger partial charge in [-0.1, -0.05) is 316 Å². The molecule has 0 N–H and O–H groups in total. The molecular weight excluding hydrogens is 1260 g/mol. The summed E-state index contributed by atoms with van der Waals surface area (Å²) in [6.45, 7) is 18.9. The number of ether oxygens (including phenoxy) is 3. The van der Waals surface area contributed by atoms with Gasteiger partial charge in [0.2, 0.25) is 0 Å². The molecule has 490 valence electrons. The van der Waals surface area contributed by atoms with Crippen LogP contribution in [0.25, 0.3) is 66.8 Å². The van der Waals surface area contributed by atoms with Crippen LogP contribution in [-0.4, -0.2) is 0 Å². The zero-order chi connectivity index (χ0) is 68.8. The molecule has 0 fully saturated rings. The molecule has 6 aliphatic rings. The van der Waals surface area contributed by atoms with E-state index in [-0.39, 0.29) is 16.2 Å². The molecule has 0 atom stereocenters. The maximum absolute atomic E-state index is 7.65. The number of benzene rings is 14. The summed E-state index contributed by atoms with van der Waals surface area (Å²) in [6, 6.07) is 110. The van der Waals surface area contributed by atoms with Crippen LogP contribution in [0.5, 0.6) is 34.5 Å². The number of anilines is 3. The van der Waals surface area contributed by atoms with Crippen molar-refractivity contribution >= 4 is 28.8 Å². The first-order valence-corrected chi connectivity index (χ1v) is 36.6. The highest BCUT2D eigenvalue weighted by Crippen LogP contribution is 2.65. The van der Waals surface area contributed by atoms with Gasteiger partial charge in [-0.15, -0.1) is 0 Å². The number of hydrogen-bond donors (Lipinski definition) is 0. The molecule has 5 heteroatoms. The summed E-state index contributed by atoms with van der Waals surface area (Å²) in [4.78, 5) is 5.08. The molecule has 0 spiro atoms. The summed E-state index contributed by atoms with van der Waals surface area (Å²) in [5.74, 6) is 4.71. The minimum atomic E-state index is -0.557. The van der Waals surface area contributed by atoms with Gasteiger partial charge in [-0.25, -0.2) is 0 Å². The Bertz CT molecular complexity index is 5820. The lowest BCUT2D eigenvalue weighted by atomic mass is 9.67. The van der Waals surface area contributed by atoms with Crippen LogP contribution >= 0.6 is 11.8 Å². The summed E-state index contributed by atoms with van der Waals surface area (Å²) < 4.78 is 21.6. The molecule has 20 rings (SSSR count). The molecule has 3 aliphatic carbocycles. The first-order valence-electron chi connectivity index (χ1n) is 35.8. The third-order valence-corrected chi connectivity index (χ3v) is 25.1. The van der Waals surface area contributed by atoms with E-state index < -0.39 is 10.8 Å². The van der Waals surface area contributed by atoms with Crippen molar-refractivity contribution < 1.29 is 14.2 Å². The summed E-state index contributed by atoms with van der Waals surface area (Å²) in [5, 5.41) is 0. The van der Waals surface area contributed by atoms with E-state index in [0.29, 0.717) is 11.5 Å². The van der Waals surface area contributed by atoms with Crippen LogP contribution in [0.3, 0.4) is 0 Å². The van der Waals surface area contributed by atoms with Crippen molar-refractivity contribution in [2.24, 2.45) is 0 Å². The van der Waals surface area contributed by atoms with E-state index in [2.05, 4.69) is 351 Å². The van der Waals surface area contributed by atoms with Crippen molar-refractivity contribution in [1.29, 1.82) is 0 Å². The summed E-state index contributed by atoms with van der Waals surface area (Å²) >= 11 is 1.96. The zero-order valence-corrected chi connectivity index (χ0v) is 59.2. The van der Waals surface area contributed by atoms with E-state index >= 15 is 0 Å². The zero-order valence-electron chi connectivity index (χ0n) is 58.4. The molecule has 0 radical (unpaired) electrons. The molecule has 0 saturated carbocycles. The van der Waals surface area contributed by atoms with Gasteiger partial charge in [-0.2, -0.15) is 0 Å². The number of fused-ring (bicyclic) bond motifs is 18. The predicted molar refractivity (Wildman–Crippen MR) is 418 cm³/mol. The molecule has 0 aromatic heterocycles. The van der Waals surface area contributed by atoms with Crippen molar-refractivity contribution in [3.05, 3.63) is 364 Å². The summed E-state index contributed by atoms with van der Waals surface area (Å²) in [5.41, 5.74) is 30.9. The molecule has 3 aliphatic heterocycles. The smallest absolute Gasteiger partial charge is 0.178 e. The van der Waals surface area contributed by atoms with Gasteiger partial charge in [0.05, 0.1) is 5.41 Å². The van der Waals surface area contributed by atoms with E-state index in [1.807, 2.05) is 17.8 Å². The fraction of sp³-hybridized carbons (Fsp3) is 0.134. The molecule has 0 bridgehead atoms. The maximum atomic E-state index is 7.65. The number of nitrogens with zero attached hydrogens (tertiary/aromatic N) is 1. The quantitative estimate of drug-likeness (QED) is 0.151. The average molecular weight is 1330 g/mol. The highest BCUT2D eigenvalue weighted by molar-refractivity contribution is 7.99. The molecule has 14 aromatic carbocycles. The molecule has 3 heterocycles. The van der Waals surface area contributed by atoms with Gasteiger partial charge in [0.1, 0.15) is 11.5 Å². The van der Waals surface area contributed by atoms with Gasteiger partial charge < -0.3 is 19.1 Å². The van der Waals surface area contributed by atoms with E-state index in [0.717, 1.165) is 79.0 Å². The Hall–Kier alpha value is -11.4. The number of hydrogen-bond acceptors (Lipinski definition) is 5. The lowest BCUT2D eigenvalue weighted by molar-refractivity contribution is 0.361. The number of para-hydroxylation sites is 2. The second kappa shape index (κ2) is 21.8. The minimum Gasteiger partial charge on any atom is -0.455 e. The molecule has 0 amide bonds. The van der Waals surface area contributed by atoms with Crippen LogP contribution in [0.4, 0.5) is 17.1 Å². The number of rotatable bonds is 8. The van der Waals surface area contributed by atoms with E-state index in [1.165, 1.54) is 104 Å². The monoisotopic (exact) mass is 1330 g/mol. The van der Waals surface area contributed by atoms with Crippen LogP contribution in [0, 0.1) is 0 Å². The minimum absolute atomic E-state index is 0.0911. The second-order valence-electron chi connectivity index (χ2n) is 30.5. The van der Waals surface area contributed by atoms with Crippen molar-refractivity contribution in [3.63, 3.8) is 0 Å². The molecular formula is C97H73NO3S. The molecule has 4 nitrogen and oxygen atoms in total. The third-order valence-electron chi connectivity index (χ3n) is 23.8. The maximum Gasteiger partial charge on any atom is 0.178 e. The van der Waals surface area contributed by atoms with Crippen LogP contribution in [0.1, 0.15) is 122 Å². The van der Waals surface area contributed by atoms with E-state index in [1.54, 1.807) is 0 Å². The van der Waals surface area contributed by atoms with Crippen molar-refractivity contribution in [2.45, 2.75) is 92.3 Å². The van der Waals surface area contributed by atoms with Gasteiger partial charge in [0, 0.05) is 87.5 Å². The van der Waals surface area contributed by atoms with Crippen molar-refractivity contribution in [2.75, 3.05) is 4.90 Å². The van der Waals surface area contributed by atoms with Gasteiger partial charge in [0.15, 0.2) is 23.0 Å². The summed E-state index contributed by atoms with van der Waals surface area (Å²) in [7, 11) is 0. The Kier molecular flexibility index (Phi) is 13.0. The Morgan fingerprint density at radius 2 is 0.608 bits per heavy atom. The normalized spacial score (nSPS) is 15.8. The molecule has 0 saturated heterocycles. The topological polar surface area (TPSA) is 30.9 Å². The highest BCUT2D eigenvalue weighted by Gasteiger charge is 2.50. The second-order valence-corrected chi connectivity index (χ2v) is 31.6. The SMILES string of the molecule is CC1(C)c2cccc(-c3ccc(N(c4ccc(-c5cccc6c5Oc5c(ccc7c5-c5ccccc5C7(C)C)O6)cc4)c4ccc(-c5cccc6c5Sc5c(ccc7c5-c5ccccc5C7(C)C)C6(C)C)cc4)cc3)c2Oc2c1ccc1c2-c2ccccc2C1(c1ccccc1)c1ccccc1. The van der Waals surface area contributed by atoms with Crippen LogP contribution < -0.4 is 19.1 Å². The van der Waals surface area contributed by atoms with Gasteiger partial charge in [-0.05, 0) is 143 Å². The third kappa shape index (κ3) is 8.40. The Labute approximate surface area is 601 Å². The summed E-state index contributed by atoms with van der Waals surface area (Å²) in [6.07, 6.45) is 0. The fourth-order valence-electron chi connectivity index (χ4n) is 18.6. The first kappa shape index (κ1) is 60.6. The van der Waals surface area contributed by atoms with Crippen molar-refractivity contribution in [3.8, 4) is 101 Å². The van der Waals surface area contributed by atoms with Crippen LogP contribution in [0.2, 0.25) is 0 Å². The first-order chi connectivity index (χ1) is 49.6. The van der Waals surface area contributed by atoms with Crippen LogP contribution in [-0.2, 0) is 27.1 Å². The largest absolute Gasteiger partial charge is 0.455 e. The Balaban J connectivity index is 0.691. The lowest BCUT2D eigenvalue weighted by Crippen LogP contribution is -2.29. The van der Waals surface area contributed by atoms with E-state index in [9.17, 15) is 0 Å². The molecule has 14 aromatic rings. The fourth-order valence-corrected chi connectivity index (χ4v) is 20.3. The standard InChI is InChI=1S/C97H73NO3S/c1-93(2)72-34-18-15-28-69(72)84-75(93)56-57-83-90(84)101-88-67(32-23-39-82(88)99-83)59-42-48-64(49-43-59)98(65-50-44-60(45-51-65)68-33-22-38-80-91(68)102-92-81(96(80,7)8)55-52-76-86(92)70-29-16-19-35-73(70)94(76,3)4)63-46-40-58(41-47-63)66-31-21-37-78-87(66)100-89-79(95(78,5)6)54-53-77-85(89)71-30-17-20-36-74(71)97(77,61-24-11-9-12-25-61)62-26-13-10-14-27-62/h9-57H,1-8H3. The Morgan fingerprint density at radius 1 is 0.235 bits per heavy atom. The Morgan fingerprint density at radius 3 is 1.22 bits per heavy atom. The van der Waals surface area contributed by atoms with Gasteiger partial charge >= 0.3 is 0 Å². The van der Waals surface area contributed by atoms with Gasteiger partial charge in [-0.3, -0.25) is 0 Å². The highest BCUT2D eigenvalue weighted by atomic mass is 32.2. The van der Waals surface area contributed by atoms with Crippen LogP contribution in [0.15, 0.2) is 307 Å². The predicted octanol–water partition coefficient (Wildman–Crippen LogP) is 26.3. The van der Waals surface area contributed by atoms with Gasteiger partial charge in [0.25, 0.3) is 0 Å². The molecule has 102 heavy (non-hydrogen) atoms. The van der Waals surface area contributed by atoms with E-state index in [4.69, 9.17) is 14.2 Å². The van der Waals surface area contributed by atoms with Crippen molar-refractivity contribution in [1.82, 2.24) is 0 Å².